The van der Waals surface area contributed by atoms with Gasteiger partial charge in [-0.3, -0.25) is 0 Å². The van der Waals surface area contributed by atoms with Gasteiger partial charge in [0.05, 0.1) is 6.10 Å². The summed E-state index contributed by atoms with van der Waals surface area (Å²) in [7, 11) is 0. The summed E-state index contributed by atoms with van der Waals surface area (Å²) < 4.78 is 0. The highest BCUT2D eigenvalue weighted by Gasteiger charge is 2.19. The van der Waals surface area contributed by atoms with Crippen molar-refractivity contribution < 1.29 is 5.11 Å². The molecule has 2 unspecified atom stereocenters. The molecule has 0 amide bonds. The normalized spacial score (nSPS) is 22.5. The van der Waals surface area contributed by atoms with Crippen molar-refractivity contribution in [3.63, 3.8) is 0 Å². The molecular weight excluding hydrogens is 269 g/mol. The molecule has 1 aromatic rings. The minimum absolute atomic E-state index is 0.373. The number of nitrogens with one attached hydrogen (secondary N) is 1. The third-order valence-corrected chi connectivity index (χ3v) is 4.07. The minimum Gasteiger partial charge on any atom is -0.388 e. The molecule has 2 atom stereocenters. The van der Waals surface area contributed by atoms with Crippen molar-refractivity contribution >= 4 is 23.2 Å². The highest BCUT2D eigenvalue weighted by Crippen LogP contribution is 2.30. The number of rotatable bonds is 3. The summed E-state index contributed by atoms with van der Waals surface area (Å²) in [5, 5.41) is 15.0. The number of hydrogen-bond acceptors (Lipinski definition) is 2. The Kier molecular flexibility index (Phi) is 5.31. The fourth-order valence-electron chi connectivity index (χ4n) is 2.47. The van der Waals surface area contributed by atoms with E-state index in [0.717, 1.165) is 18.5 Å². The molecule has 1 aliphatic heterocycles. The van der Waals surface area contributed by atoms with E-state index >= 15 is 0 Å². The zero-order valence-corrected chi connectivity index (χ0v) is 11.8. The van der Waals surface area contributed by atoms with Crippen LogP contribution < -0.4 is 5.32 Å². The van der Waals surface area contributed by atoms with E-state index in [4.69, 9.17) is 23.2 Å². The fraction of sp³-hybridized carbons (Fsp3) is 0.571. The molecule has 2 N–H and O–H groups in total. The summed E-state index contributed by atoms with van der Waals surface area (Å²) in [6, 6.07) is 5.61. The van der Waals surface area contributed by atoms with Gasteiger partial charge in [-0.15, -0.1) is 0 Å². The van der Waals surface area contributed by atoms with Crippen LogP contribution in [0.4, 0.5) is 0 Å². The molecule has 0 aliphatic carbocycles. The molecule has 1 heterocycles. The van der Waals surface area contributed by atoms with Crippen LogP contribution in [-0.2, 0) is 0 Å². The van der Waals surface area contributed by atoms with E-state index in [1.165, 1.54) is 19.3 Å². The van der Waals surface area contributed by atoms with E-state index in [2.05, 4.69) is 5.32 Å². The van der Waals surface area contributed by atoms with E-state index in [1.807, 2.05) is 0 Å². The van der Waals surface area contributed by atoms with Crippen LogP contribution in [0.2, 0.25) is 10.0 Å². The van der Waals surface area contributed by atoms with Gasteiger partial charge in [0.15, 0.2) is 0 Å². The topological polar surface area (TPSA) is 32.3 Å². The van der Waals surface area contributed by atoms with Crippen molar-refractivity contribution in [3.05, 3.63) is 33.8 Å². The van der Waals surface area contributed by atoms with Crippen molar-refractivity contribution in [2.24, 2.45) is 0 Å². The smallest absolute Gasteiger partial charge is 0.0819 e. The highest BCUT2D eigenvalue weighted by atomic mass is 35.5. The lowest BCUT2D eigenvalue weighted by molar-refractivity contribution is 0.150. The molecule has 1 aliphatic rings. The van der Waals surface area contributed by atoms with Gasteiger partial charge in [0.1, 0.15) is 0 Å². The molecule has 100 valence electrons. The Morgan fingerprint density at radius 3 is 2.94 bits per heavy atom. The predicted molar refractivity (Wildman–Crippen MR) is 76.3 cm³/mol. The molecule has 0 aromatic heterocycles. The van der Waals surface area contributed by atoms with Gasteiger partial charge >= 0.3 is 0 Å². The van der Waals surface area contributed by atoms with Crippen molar-refractivity contribution in [1.82, 2.24) is 5.32 Å². The number of halogens is 2. The summed E-state index contributed by atoms with van der Waals surface area (Å²) in [4.78, 5) is 0. The number of aliphatic hydroxyl groups is 1. The fourth-order valence-corrected chi connectivity index (χ4v) is 2.89. The van der Waals surface area contributed by atoms with Crippen LogP contribution in [0.1, 0.15) is 43.8 Å². The van der Waals surface area contributed by atoms with Gasteiger partial charge in [-0.1, -0.05) is 36.0 Å². The number of benzene rings is 1. The third kappa shape index (κ3) is 3.86. The second-order valence-electron chi connectivity index (χ2n) is 4.92. The first-order chi connectivity index (χ1) is 8.66. The zero-order chi connectivity index (χ0) is 13.0. The summed E-state index contributed by atoms with van der Waals surface area (Å²) in [5.74, 6) is 0. The van der Waals surface area contributed by atoms with Gasteiger partial charge in [0, 0.05) is 21.7 Å². The van der Waals surface area contributed by atoms with Crippen molar-refractivity contribution in [2.75, 3.05) is 6.54 Å². The van der Waals surface area contributed by atoms with Crippen LogP contribution in [0.3, 0.4) is 0 Å². The monoisotopic (exact) mass is 287 g/mol. The summed E-state index contributed by atoms with van der Waals surface area (Å²) in [6.07, 6.45) is 5.00. The Hall–Kier alpha value is -0.280. The van der Waals surface area contributed by atoms with E-state index in [1.54, 1.807) is 18.2 Å². The summed E-state index contributed by atoms with van der Waals surface area (Å²) >= 11 is 12.0. The molecule has 18 heavy (non-hydrogen) atoms. The van der Waals surface area contributed by atoms with Crippen molar-refractivity contribution in [1.29, 1.82) is 0 Å². The molecule has 0 radical (unpaired) electrons. The van der Waals surface area contributed by atoms with Crippen molar-refractivity contribution in [2.45, 2.75) is 44.2 Å². The van der Waals surface area contributed by atoms with Crippen LogP contribution in [0, 0.1) is 0 Å². The maximum Gasteiger partial charge on any atom is 0.0819 e. The van der Waals surface area contributed by atoms with Gasteiger partial charge < -0.3 is 10.4 Å². The maximum atomic E-state index is 10.3. The van der Waals surface area contributed by atoms with Gasteiger partial charge in [-0.2, -0.15) is 0 Å². The van der Waals surface area contributed by atoms with Gasteiger partial charge in [-0.25, -0.2) is 0 Å². The molecule has 1 saturated heterocycles. The number of aliphatic hydroxyl groups excluding tert-OH is 1. The molecule has 0 saturated carbocycles. The lowest BCUT2D eigenvalue weighted by Crippen LogP contribution is -2.30. The Labute approximate surface area is 118 Å². The lowest BCUT2D eigenvalue weighted by atomic mass is 9.99. The molecule has 1 fully saturated rings. The van der Waals surface area contributed by atoms with Crippen LogP contribution in [0.15, 0.2) is 18.2 Å². The van der Waals surface area contributed by atoms with Gasteiger partial charge in [-0.05, 0) is 44.0 Å². The lowest BCUT2D eigenvalue weighted by Gasteiger charge is -2.20. The maximum absolute atomic E-state index is 10.3. The van der Waals surface area contributed by atoms with E-state index < -0.39 is 6.10 Å². The Bertz CT molecular complexity index is 389. The first-order valence-electron chi connectivity index (χ1n) is 6.53. The summed E-state index contributed by atoms with van der Waals surface area (Å²) in [6.45, 7) is 1.04. The van der Waals surface area contributed by atoms with E-state index in [0.29, 0.717) is 22.5 Å². The Balaban J connectivity index is 2.01. The predicted octanol–water partition coefficient (Wildman–Crippen LogP) is 3.95. The van der Waals surface area contributed by atoms with Crippen LogP contribution in [0.5, 0.6) is 0 Å². The standard InChI is InChI=1S/C14H19Cl2NO/c15-10-5-6-13(16)12(8-10)14(18)9-11-4-2-1-3-7-17-11/h5-6,8,11,14,17-18H,1-4,7,9H2. The zero-order valence-electron chi connectivity index (χ0n) is 10.3. The second kappa shape index (κ2) is 6.76. The average Bonchev–Trinajstić information content (AvgIpc) is 2.61. The second-order valence-corrected chi connectivity index (χ2v) is 5.76. The quantitative estimate of drug-likeness (QED) is 0.882. The Morgan fingerprint density at radius 1 is 1.28 bits per heavy atom. The average molecular weight is 288 g/mol. The van der Waals surface area contributed by atoms with Crippen LogP contribution in [0.25, 0.3) is 0 Å². The molecule has 0 spiro atoms. The molecule has 1 aromatic carbocycles. The third-order valence-electron chi connectivity index (χ3n) is 3.49. The molecule has 2 rings (SSSR count). The minimum atomic E-state index is -0.549. The first kappa shape index (κ1) is 14.1. The Morgan fingerprint density at radius 2 is 2.11 bits per heavy atom. The van der Waals surface area contributed by atoms with Gasteiger partial charge in [0.2, 0.25) is 0 Å². The van der Waals surface area contributed by atoms with E-state index in [9.17, 15) is 5.11 Å². The molecule has 4 heteroatoms. The van der Waals surface area contributed by atoms with Crippen LogP contribution in [-0.4, -0.2) is 17.7 Å². The van der Waals surface area contributed by atoms with Crippen molar-refractivity contribution in [3.8, 4) is 0 Å². The summed E-state index contributed by atoms with van der Waals surface area (Å²) in [5.41, 5.74) is 0.732. The van der Waals surface area contributed by atoms with Gasteiger partial charge in [0.25, 0.3) is 0 Å². The highest BCUT2D eigenvalue weighted by molar-refractivity contribution is 6.33. The molecule has 0 bridgehead atoms. The molecule has 2 nitrogen and oxygen atoms in total. The SMILES string of the molecule is OC(CC1CCCCCN1)c1cc(Cl)ccc1Cl. The largest absolute Gasteiger partial charge is 0.388 e. The first-order valence-corrected chi connectivity index (χ1v) is 7.29. The molecular formula is C14H19Cl2NO. The van der Waals surface area contributed by atoms with E-state index in [-0.39, 0.29) is 0 Å². The number of hydrogen-bond donors (Lipinski definition) is 2. The van der Waals surface area contributed by atoms with Crippen LogP contribution >= 0.6 is 23.2 Å².